The number of aromatic amines is 1. The number of nitrogens with zero attached hydrogens (tertiary/aromatic N) is 3. The Morgan fingerprint density at radius 1 is 1.16 bits per heavy atom. The first-order valence-electron chi connectivity index (χ1n) is 10.3. The Kier molecular flexibility index (Phi) is 4.82. The molecule has 0 saturated carbocycles. The molecular weight excluding hydrogens is 414 g/mol. The summed E-state index contributed by atoms with van der Waals surface area (Å²) in [5, 5.41) is 3.94. The maximum Gasteiger partial charge on any atom is 0.316 e. The molecule has 0 spiro atoms. The van der Waals surface area contributed by atoms with Crippen LogP contribution >= 0.6 is 11.3 Å². The summed E-state index contributed by atoms with van der Waals surface area (Å²) in [6.45, 7) is 4.25. The Balaban J connectivity index is 1.43. The minimum atomic E-state index is -0.698. The second-order valence-corrected chi connectivity index (χ2v) is 8.57. The van der Waals surface area contributed by atoms with Crippen molar-refractivity contribution in [2.75, 3.05) is 23.3 Å². The lowest BCUT2D eigenvalue weighted by atomic mass is 10.1. The van der Waals surface area contributed by atoms with Crippen LogP contribution in [0.2, 0.25) is 0 Å². The highest BCUT2D eigenvalue weighted by Gasteiger charge is 2.17. The number of anilines is 2. The van der Waals surface area contributed by atoms with E-state index in [2.05, 4.69) is 15.2 Å². The number of aromatic nitrogens is 3. The van der Waals surface area contributed by atoms with Gasteiger partial charge in [0, 0.05) is 30.9 Å². The second-order valence-electron chi connectivity index (χ2n) is 7.56. The number of thiazole rings is 1. The minimum Gasteiger partial charge on any atom is -0.348 e. The molecule has 0 aliphatic carbocycles. The first-order chi connectivity index (χ1) is 15.0. The SMILES string of the molecule is CCn1c(=O)c(=O)[nH]c2cc(C(=O)Nc3ccc4nc(N5CCCC5)sc4c3)ccc21. The van der Waals surface area contributed by atoms with E-state index in [-0.39, 0.29) is 5.91 Å². The molecule has 0 unspecified atom stereocenters. The van der Waals surface area contributed by atoms with Gasteiger partial charge in [0.2, 0.25) is 0 Å². The van der Waals surface area contributed by atoms with Gasteiger partial charge in [-0.05, 0) is 56.2 Å². The number of hydrogen-bond donors (Lipinski definition) is 2. The lowest BCUT2D eigenvalue weighted by Crippen LogP contribution is -2.36. The van der Waals surface area contributed by atoms with Gasteiger partial charge < -0.3 is 19.8 Å². The molecular formula is C22H21N5O3S. The zero-order chi connectivity index (χ0) is 21.5. The largest absolute Gasteiger partial charge is 0.348 e. The highest BCUT2D eigenvalue weighted by atomic mass is 32.1. The van der Waals surface area contributed by atoms with Crippen molar-refractivity contribution in [2.24, 2.45) is 0 Å². The molecule has 2 aromatic carbocycles. The van der Waals surface area contributed by atoms with Gasteiger partial charge in [0.15, 0.2) is 5.13 Å². The number of nitrogens with one attached hydrogen (secondary N) is 2. The number of rotatable bonds is 4. The fourth-order valence-electron chi connectivity index (χ4n) is 3.97. The van der Waals surface area contributed by atoms with Crippen LogP contribution in [0.1, 0.15) is 30.1 Å². The summed E-state index contributed by atoms with van der Waals surface area (Å²) in [5.74, 6) is -0.291. The van der Waals surface area contributed by atoms with Gasteiger partial charge in [-0.3, -0.25) is 14.4 Å². The van der Waals surface area contributed by atoms with Crippen molar-refractivity contribution in [2.45, 2.75) is 26.3 Å². The van der Waals surface area contributed by atoms with Crippen molar-refractivity contribution in [3.8, 4) is 0 Å². The van der Waals surface area contributed by atoms with Crippen LogP contribution in [0.25, 0.3) is 21.3 Å². The summed E-state index contributed by atoms with van der Waals surface area (Å²) >= 11 is 1.63. The zero-order valence-corrected chi connectivity index (χ0v) is 17.8. The summed E-state index contributed by atoms with van der Waals surface area (Å²) in [5.41, 5.74) is 1.74. The highest BCUT2D eigenvalue weighted by molar-refractivity contribution is 7.22. The number of aryl methyl sites for hydroxylation is 1. The standard InChI is InChI=1S/C22H21N5O3S/c1-2-27-17-8-5-13(11-16(17)24-20(29)21(27)30)19(28)23-14-6-7-15-18(12-14)31-22(25-15)26-9-3-4-10-26/h5-8,11-12H,2-4,9-10H2,1H3,(H,23,28)(H,24,29). The molecule has 4 aromatic rings. The first kappa shape index (κ1) is 19.5. The smallest absolute Gasteiger partial charge is 0.316 e. The van der Waals surface area contributed by atoms with Gasteiger partial charge in [0.25, 0.3) is 5.91 Å². The Labute approximate surface area is 181 Å². The molecule has 0 bridgehead atoms. The Morgan fingerprint density at radius 2 is 1.97 bits per heavy atom. The van der Waals surface area contributed by atoms with Crippen LogP contribution in [0.4, 0.5) is 10.8 Å². The average Bonchev–Trinajstić information content (AvgIpc) is 3.44. The molecule has 1 amide bonds. The van der Waals surface area contributed by atoms with Gasteiger partial charge in [0.05, 0.1) is 21.3 Å². The van der Waals surface area contributed by atoms with Crippen LogP contribution in [0.3, 0.4) is 0 Å². The van der Waals surface area contributed by atoms with E-state index in [0.717, 1.165) is 28.4 Å². The molecule has 2 aromatic heterocycles. The van der Waals surface area contributed by atoms with E-state index in [1.54, 1.807) is 36.5 Å². The van der Waals surface area contributed by atoms with Gasteiger partial charge in [-0.2, -0.15) is 0 Å². The Bertz CT molecular complexity index is 1430. The Hall–Kier alpha value is -3.46. The lowest BCUT2D eigenvalue weighted by Gasteiger charge is -2.11. The van der Waals surface area contributed by atoms with Crippen LogP contribution in [-0.2, 0) is 6.54 Å². The molecule has 1 aliphatic heterocycles. The van der Waals surface area contributed by atoms with E-state index in [9.17, 15) is 14.4 Å². The second kappa shape index (κ2) is 7.66. The molecule has 0 radical (unpaired) electrons. The maximum absolute atomic E-state index is 12.8. The third-order valence-corrected chi connectivity index (χ3v) is 6.64. The maximum atomic E-state index is 12.8. The number of benzene rings is 2. The first-order valence-corrected chi connectivity index (χ1v) is 11.1. The third kappa shape index (κ3) is 3.50. The van der Waals surface area contributed by atoms with Crippen molar-refractivity contribution in [1.82, 2.24) is 14.5 Å². The molecule has 1 aliphatic rings. The van der Waals surface area contributed by atoms with E-state index in [0.29, 0.717) is 28.8 Å². The van der Waals surface area contributed by atoms with Gasteiger partial charge in [0.1, 0.15) is 0 Å². The quantitative estimate of drug-likeness (QED) is 0.480. The van der Waals surface area contributed by atoms with E-state index in [1.165, 1.54) is 17.4 Å². The van der Waals surface area contributed by atoms with Crippen molar-refractivity contribution < 1.29 is 4.79 Å². The van der Waals surface area contributed by atoms with E-state index in [4.69, 9.17) is 4.98 Å². The predicted molar refractivity (Wildman–Crippen MR) is 124 cm³/mol. The molecule has 1 fully saturated rings. The summed E-state index contributed by atoms with van der Waals surface area (Å²) in [6.07, 6.45) is 2.39. The van der Waals surface area contributed by atoms with Gasteiger partial charge in [-0.1, -0.05) is 11.3 Å². The molecule has 1 saturated heterocycles. The number of carbonyl (C=O) groups excluding carboxylic acids is 1. The topological polar surface area (TPSA) is 100 Å². The van der Waals surface area contributed by atoms with Crippen molar-refractivity contribution in [1.29, 1.82) is 0 Å². The highest BCUT2D eigenvalue weighted by Crippen LogP contribution is 2.32. The molecule has 8 nitrogen and oxygen atoms in total. The molecule has 158 valence electrons. The van der Waals surface area contributed by atoms with Crippen LogP contribution < -0.4 is 21.3 Å². The molecule has 3 heterocycles. The number of amides is 1. The molecule has 31 heavy (non-hydrogen) atoms. The van der Waals surface area contributed by atoms with Gasteiger partial charge >= 0.3 is 11.1 Å². The summed E-state index contributed by atoms with van der Waals surface area (Å²) in [4.78, 5) is 46.3. The number of hydrogen-bond acceptors (Lipinski definition) is 6. The van der Waals surface area contributed by atoms with Crippen LogP contribution in [0, 0.1) is 0 Å². The molecule has 2 N–H and O–H groups in total. The normalized spacial score (nSPS) is 13.9. The van der Waals surface area contributed by atoms with Crippen molar-refractivity contribution in [3.63, 3.8) is 0 Å². The fourth-order valence-corrected chi connectivity index (χ4v) is 5.03. The van der Waals surface area contributed by atoms with Crippen molar-refractivity contribution >= 4 is 49.3 Å². The summed E-state index contributed by atoms with van der Waals surface area (Å²) in [6, 6.07) is 10.6. The van der Waals surface area contributed by atoms with Gasteiger partial charge in [-0.25, -0.2) is 4.98 Å². The lowest BCUT2D eigenvalue weighted by molar-refractivity contribution is 0.102. The number of carbonyl (C=O) groups is 1. The monoisotopic (exact) mass is 435 g/mol. The number of H-pyrrole nitrogens is 1. The third-order valence-electron chi connectivity index (χ3n) is 5.56. The zero-order valence-electron chi connectivity index (χ0n) is 17.0. The molecule has 9 heteroatoms. The predicted octanol–water partition coefficient (Wildman–Crippen LogP) is 3.17. The summed E-state index contributed by atoms with van der Waals surface area (Å²) < 4.78 is 2.42. The van der Waals surface area contributed by atoms with E-state index in [1.807, 2.05) is 18.2 Å². The minimum absolute atomic E-state index is 0.291. The molecule has 0 atom stereocenters. The Morgan fingerprint density at radius 3 is 2.74 bits per heavy atom. The number of fused-ring (bicyclic) bond motifs is 2. The summed E-state index contributed by atoms with van der Waals surface area (Å²) in [7, 11) is 0. The van der Waals surface area contributed by atoms with Crippen LogP contribution in [0.5, 0.6) is 0 Å². The van der Waals surface area contributed by atoms with E-state index < -0.39 is 11.1 Å². The van der Waals surface area contributed by atoms with E-state index >= 15 is 0 Å². The van der Waals surface area contributed by atoms with Crippen LogP contribution in [-0.4, -0.2) is 33.5 Å². The average molecular weight is 436 g/mol. The van der Waals surface area contributed by atoms with Crippen LogP contribution in [0.15, 0.2) is 46.0 Å². The molecule has 5 rings (SSSR count). The fraction of sp³-hybridized carbons (Fsp3) is 0.273. The van der Waals surface area contributed by atoms with Crippen molar-refractivity contribution in [3.05, 3.63) is 62.7 Å². The van der Waals surface area contributed by atoms with Gasteiger partial charge in [-0.15, -0.1) is 0 Å².